The van der Waals surface area contributed by atoms with E-state index < -0.39 is 10.0 Å². The van der Waals surface area contributed by atoms with Crippen molar-refractivity contribution in [3.05, 3.63) is 106 Å². The maximum Gasteiger partial charge on any atom is 0.264 e. The lowest BCUT2D eigenvalue weighted by Gasteiger charge is -2.12. The third-order valence-electron chi connectivity index (χ3n) is 5.62. The van der Waals surface area contributed by atoms with Crippen LogP contribution >= 0.6 is 23.2 Å². The van der Waals surface area contributed by atoms with E-state index in [-0.39, 0.29) is 16.8 Å². The Labute approximate surface area is 228 Å². The molecule has 1 amide bonds. The lowest BCUT2D eigenvalue weighted by atomic mass is 10.0. The number of rotatable bonds is 6. The smallest absolute Gasteiger partial charge is 0.264 e. The molecule has 11 heteroatoms. The summed E-state index contributed by atoms with van der Waals surface area (Å²) in [6, 6.07) is 21.6. The molecular weight excluding hydrogens is 545 g/mol. The maximum absolute atomic E-state index is 13.4. The number of aryl methyl sites for hydroxylation is 1. The summed E-state index contributed by atoms with van der Waals surface area (Å²) in [5.41, 5.74) is 3.33. The Hall–Kier alpha value is -4.05. The molecular formula is C27H19Cl2N5O3S. The molecule has 0 atom stereocenters. The Balaban J connectivity index is 1.42. The summed E-state index contributed by atoms with van der Waals surface area (Å²) in [5, 5.41) is 4.29. The van der Waals surface area contributed by atoms with E-state index in [4.69, 9.17) is 23.2 Å². The van der Waals surface area contributed by atoms with E-state index in [0.29, 0.717) is 49.2 Å². The van der Waals surface area contributed by atoms with Gasteiger partial charge in [0.05, 0.1) is 31.7 Å². The third kappa shape index (κ3) is 5.45. The van der Waals surface area contributed by atoms with Crippen LogP contribution in [0.3, 0.4) is 0 Å². The highest BCUT2D eigenvalue weighted by Crippen LogP contribution is 2.30. The minimum absolute atomic E-state index is 0.00290. The van der Waals surface area contributed by atoms with Gasteiger partial charge in [0.15, 0.2) is 0 Å². The summed E-state index contributed by atoms with van der Waals surface area (Å²) in [5.74, 6) is -0.406. The van der Waals surface area contributed by atoms with Gasteiger partial charge in [0, 0.05) is 28.5 Å². The molecule has 0 spiro atoms. The summed E-state index contributed by atoms with van der Waals surface area (Å²) in [4.78, 5) is 26.0. The Bertz CT molecular complexity index is 1800. The average molecular weight is 564 g/mol. The first-order valence-corrected chi connectivity index (χ1v) is 13.5. The zero-order valence-electron chi connectivity index (χ0n) is 19.8. The summed E-state index contributed by atoms with van der Waals surface area (Å²) in [6.45, 7) is 1.73. The van der Waals surface area contributed by atoms with E-state index >= 15 is 0 Å². The normalized spacial score (nSPS) is 11.3. The fraction of sp³-hybridized carbons (Fsp3) is 0.0370. The van der Waals surface area contributed by atoms with Crippen LogP contribution in [0, 0.1) is 6.92 Å². The number of fused-ring (bicyclic) bond motifs is 1. The highest BCUT2D eigenvalue weighted by molar-refractivity contribution is 7.92. The molecule has 0 bridgehead atoms. The van der Waals surface area contributed by atoms with Gasteiger partial charge in [-0.15, -0.1) is 0 Å². The minimum atomic E-state index is -3.92. The number of hydrogen-bond acceptors (Lipinski definition) is 6. The number of benzene rings is 3. The van der Waals surface area contributed by atoms with Gasteiger partial charge >= 0.3 is 0 Å². The van der Waals surface area contributed by atoms with Gasteiger partial charge in [-0.1, -0.05) is 47.5 Å². The molecule has 5 aromatic rings. The number of halogens is 2. The molecule has 38 heavy (non-hydrogen) atoms. The highest BCUT2D eigenvalue weighted by atomic mass is 35.5. The minimum Gasteiger partial charge on any atom is -0.322 e. The SMILES string of the molecule is Cc1ccnc(NS(=O)(=O)c2ccc(NC(=O)c3cc(-c4ccc(Cl)c(Cl)c4)nc4ccccc34)cc2)n1. The van der Waals surface area contributed by atoms with Crippen molar-refractivity contribution in [2.24, 2.45) is 0 Å². The second-order valence-electron chi connectivity index (χ2n) is 8.31. The topological polar surface area (TPSA) is 114 Å². The lowest BCUT2D eigenvalue weighted by molar-refractivity contribution is 0.102. The average Bonchev–Trinajstić information content (AvgIpc) is 2.89. The number of sulfonamides is 1. The molecule has 0 aliphatic rings. The first-order chi connectivity index (χ1) is 18.2. The Kier molecular flexibility index (Phi) is 6.98. The van der Waals surface area contributed by atoms with Crippen LogP contribution in [-0.2, 0) is 10.0 Å². The molecule has 0 unspecified atom stereocenters. The predicted octanol–water partition coefficient (Wildman–Crippen LogP) is 6.36. The number of nitrogens with zero attached hydrogens (tertiary/aromatic N) is 3. The second-order valence-corrected chi connectivity index (χ2v) is 10.8. The van der Waals surface area contributed by atoms with E-state index in [1.807, 2.05) is 24.3 Å². The maximum atomic E-state index is 13.4. The summed E-state index contributed by atoms with van der Waals surface area (Å²) in [7, 11) is -3.92. The molecule has 2 aromatic heterocycles. The molecule has 2 N–H and O–H groups in total. The summed E-state index contributed by atoms with van der Waals surface area (Å²) in [6.07, 6.45) is 1.47. The molecule has 2 heterocycles. The Morgan fingerprint density at radius 3 is 2.37 bits per heavy atom. The van der Waals surface area contributed by atoms with Gasteiger partial charge in [-0.3, -0.25) is 4.79 Å². The zero-order valence-corrected chi connectivity index (χ0v) is 22.1. The van der Waals surface area contributed by atoms with Crippen LogP contribution in [0.5, 0.6) is 0 Å². The molecule has 8 nitrogen and oxygen atoms in total. The number of pyridine rings is 1. The zero-order chi connectivity index (χ0) is 26.9. The standard InChI is InChI=1S/C27H19Cl2N5O3S/c1-16-12-13-30-27(31-16)34-38(36,37)19-9-7-18(8-10-19)32-26(35)21-15-25(17-6-11-22(28)23(29)14-17)33-24-5-3-2-4-20(21)24/h2-15H,1H3,(H,32,35)(H,30,31,34). The number of aromatic nitrogens is 3. The monoisotopic (exact) mass is 563 g/mol. The van der Waals surface area contributed by atoms with Crippen LogP contribution in [0.4, 0.5) is 11.6 Å². The number of para-hydroxylation sites is 1. The van der Waals surface area contributed by atoms with Crippen LogP contribution in [0.1, 0.15) is 16.1 Å². The van der Waals surface area contributed by atoms with Gasteiger partial charge in [-0.2, -0.15) is 0 Å². The lowest BCUT2D eigenvalue weighted by Crippen LogP contribution is -2.16. The van der Waals surface area contributed by atoms with Crippen molar-refractivity contribution in [1.29, 1.82) is 0 Å². The molecule has 0 fully saturated rings. The van der Waals surface area contributed by atoms with Crippen LogP contribution < -0.4 is 10.0 Å². The Morgan fingerprint density at radius 1 is 0.868 bits per heavy atom. The number of amides is 1. The van der Waals surface area contributed by atoms with Crippen LogP contribution in [0.15, 0.2) is 90.0 Å². The van der Waals surface area contributed by atoms with Crippen molar-refractivity contribution in [3.8, 4) is 11.3 Å². The first-order valence-electron chi connectivity index (χ1n) is 11.3. The van der Waals surface area contributed by atoms with Gasteiger partial charge in [0.25, 0.3) is 15.9 Å². The largest absolute Gasteiger partial charge is 0.322 e. The Morgan fingerprint density at radius 2 is 1.63 bits per heavy atom. The van der Waals surface area contributed by atoms with E-state index in [0.717, 1.165) is 0 Å². The van der Waals surface area contributed by atoms with E-state index in [1.54, 1.807) is 37.3 Å². The van der Waals surface area contributed by atoms with Crippen molar-refractivity contribution < 1.29 is 13.2 Å². The quantitative estimate of drug-likeness (QED) is 0.248. The van der Waals surface area contributed by atoms with E-state index in [1.165, 1.54) is 30.5 Å². The van der Waals surface area contributed by atoms with Gasteiger partial charge in [0.2, 0.25) is 5.95 Å². The predicted molar refractivity (Wildman–Crippen MR) is 149 cm³/mol. The molecule has 0 saturated carbocycles. The van der Waals surface area contributed by atoms with Crippen LogP contribution in [-0.4, -0.2) is 29.3 Å². The summed E-state index contributed by atoms with van der Waals surface area (Å²) < 4.78 is 27.8. The molecule has 0 aliphatic carbocycles. The number of nitrogens with one attached hydrogen (secondary N) is 2. The first kappa shape index (κ1) is 25.6. The molecule has 190 valence electrons. The molecule has 0 radical (unpaired) electrons. The van der Waals surface area contributed by atoms with Gasteiger partial charge in [-0.25, -0.2) is 28.1 Å². The molecule has 0 saturated heterocycles. The van der Waals surface area contributed by atoms with Crippen molar-refractivity contribution in [2.75, 3.05) is 10.0 Å². The van der Waals surface area contributed by atoms with E-state index in [2.05, 4.69) is 25.0 Å². The van der Waals surface area contributed by atoms with Gasteiger partial charge in [-0.05, 0) is 61.5 Å². The van der Waals surface area contributed by atoms with Crippen molar-refractivity contribution in [2.45, 2.75) is 11.8 Å². The third-order valence-corrected chi connectivity index (χ3v) is 7.70. The fourth-order valence-corrected chi connectivity index (χ4v) is 5.01. The molecule has 5 rings (SSSR count). The summed E-state index contributed by atoms with van der Waals surface area (Å²) >= 11 is 12.3. The fourth-order valence-electron chi connectivity index (χ4n) is 3.76. The molecule has 3 aromatic carbocycles. The van der Waals surface area contributed by atoms with Crippen LogP contribution in [0.2, 0.25) is 10.0 Å². The van der Waals surface area contributed by atoms with Crippen molar-refractivity contribution in [1.82, 2.24) is 15.0 Å². The van der Waals surface area contributed by atoms with E-state index in [9.17, 15) is 13.2 Å². The number of carbonyl (C=O) groups is 1. The molecule has 0 aliphatic heterocycles. The number of carbonyl (C=O) groups excluding carboxylic acids is 1. The second kappa shape index (κ2) is 10.4. The van der Waals surface area contributed by atoms with Crippen molar-refractivity contribution in [3.63, 3.8) is 0 Å². The van der Waals surface area contributed by atoms with Gasteiger partial charge < -0.3 is 5.32 Å². The van der Waals surface area contributed by atoms with Crippen molar-refractivity contribution >= 4 is 61.7 Å². The van der Waals surface area contributed by atoms with Gasteiger partial charge in [0.1, 0.15) is 0 Å². The highest BCUT2D eigenvalue weighted by Gasteiger charge is 2.18. The number of anilines is 2. The number of hydrogen-bond donors (Lipinski definition) is 2. The van der Waals surface area contributed by atoms with Crippen LogP contribution in [0.25, 0.3) is 22.2 Å².